The second-order valence-corrected chi connectivity index (χ2v) is 6.07. The van der Waals surface area contributed by atoms with Crippen LogP contribution in [-0.2, 0) is 4.79 Å². The van der Waals surface area contributed by atoms with Crippen molar-refractivity contribution >= 4 is 61.2 Å². The van der Waals surface area contributed by atoms with E-state index in [9.17, 15) is 9.59 Å². The lowest BCUT2D eigenvalue weighted by Gasteiger charge is -2.11. The monoisotopic (exact) mass is 406 g/mol. The Morgan fingerprint density at radius 1 is 1.42 bits per heavy atom. The number of hydrogen-bond donors (Lipinski definition) is 2. The Bertz CT molecular complexity index is 558. The van der Waals surface area contributed by atoms with Gasteiger partial charge in [0.2, 0.25) is 5.91 Å². The smallest absolute Gasteiger partial charge is 0.337 e. The number of nitriles is 1. The van der Waals surface area contributed by atoms with Gasteiger partial charge in [0, 0.05) is 8.95 Å². The molecule has 1 rings (SSSR count). The average molecular weight is 408 g/mol. The molecule has 0 bridgehead atoms. The fourth-order valence-electron chi connectivity index (χ4n) is 1.23. The van der Waals surface area contributed by atoms with Gasteiger partial charge in [0.25, 0.3) is 0 Å². The fraction of sp³-hybridized carbons (Fsp3) is 0.182. The Morgan fingerprint density at radius 3 is 2.68 bits per heavy atom. The Balaban J connectivity index is 2.91. The lowest BCUT2D eigenvalue weighted by Crippen LogP contribution is -2.17. The first kappa shape index (κ1) is 16.0. The summed E-state index contributed by atoms with van der Waals surface area (Å²) in [6, 6.07) is 4.96. The van der Waals surface area contributed by atoms with Gasteiger partial charge in [-0.3, -0.25) is 4.79 Å². The number of rotatable bonds is 5. The van der Waals surface area contributed by atoms with Crippen molar-refractivity contribution in [1.82, 2.24) is 0 Å². The van der Waals surface area contributed by atoms with Gasteiger partial charge in [0.05, 0.1) is 28.8 Å². The number of nitrogens with one attached hydrogen (secondary N) is 1. The van der Waals surface area contributed by atoms with E-state index in [4.69, 9.17) is 10.4 Å². The molecule has 1 aromatic carbocycles. The lowest BCUT2D eigenvalue weighted by molar-refractivity contribution is -0.113. The minimum atomic E-state index is -1.14. The van der Waals surface area contributed by atoms with E-state index in [1.165, 1.54) is 6.07 Å². The molecule has 0 aliphatic heterocycles. The second-order valence-electron chi connectivity index (χ2n) is 3.31. The number of hydrogen-bond acceptors (Lipinski definition) is 4. The zero-order valence-electron chi connectivity index (χ0n) is 9.44. The van der Waals surface area contributed by atoms with Gasteiger partial charge in [0.15, 0.2) is 0 Å². The van der Waals surface area contributed by atoms with Gasteiger partial charge >= 0.3 is 5.97 Å². The van der Waals surface area contributed by atoms with Crippen LogP contribution in [0.1, 0.15) is 10.4 Å². The summed E-state index contributed by atoms with van der Waals surface area (Å²) in [5.41, 5.74) is 0.193. The molecular formula is C11H8Br2N2O3S. The average Bonchev–Trinajstić information content (AvgIpc) is 2.32. The van der Waals surface area contributed by atoms with Crippen molar-refractivity contribution in [2.24, 2.45) is 0 Å². The number of carboxylic acid groups (broad SMARTS) is 1. The Labute approximate surface area is 130 Å². The molecule has 0 aliphatic carbocycles. The summed E-state index contributed by atoms with van der Waals surface area (Å²) < 4.78 is 1.06. The predicted molar refractivity (Wildman–Crippen MR) is 80.4 cm³/mol. The van der Waals surface area contributed by atoms with Crippen molar-refractivity contribution in [1.29, 1.82) is 5.26 Å². The first-order chi connectivity index (χ1) is 8.95. The van der Waals surface area contributed by atoms with Gasteiger partial charge < -0.3 is 10.4 Å². The number of anilines is 1. The highest BCUT2D eigenvalue weighted by Gasteiger charge is 2.16. The Hall–Kier alpha value is -1.04. The van der Waals surface area contributed by atoms with Crippen LogP contribution in [0.5, 0.6) is 0 Å². The third kappa shape index (κ3) is 4.86. The standard InChI is InChI=1S/C11H8Br2N2O3S/c12-6-3-7(11(17)18)10(8(13)4-6)15-9(16)5-19-2-1-14/h3-4H,2,5H2,(H,15,16)(H,17,18). The third-order valence-corrected chi connectivity index (χ3v) is 3.83. The van der Waals surface area contributed by atoms with E-state index in [0.29, 0.717) is 8.95 Å². The molecule has 0 atom stereocenters. The summed E-state index contributed by atoms with van der Waals surface area (Å²) in [7, 11) is 0. The molecule has 0 fully saturated rings. The fourth-order valence-corrected chi connectivity index (χ4v) is 3.01. The minimum absolute atomic E-state index is 0.0140. The van der Waals surface area contributed by atoms with E-state index in [1.54, 1.807) is 6.07 Å². The zero-order chi connectivity index (χ0) is 14.4. The summed E-state index contributed by atoms with van der Waals surface area (Å²) in [5.74, 6) is -1.19. The highest BCUT2D eigenvalue weighted by atomic mass is 79.9. The van der Waals surface area contributed by atoms with Crippen LogP contribution in [0.3, 0.4) is 0 Å². The van der Waals surface area contributed by atoms with Crippen molar-refractivity contribution in [2.75, 3.05) is 16.8 Å². The molecule has 1 aromatic rings. The predicted octanol–water partition coefficient (Wildman–Crippen LogP) is 3.11. The van der Waals surface area contributed by atoms with Gasteiger partial charge in [-0.1, -0.05) is 15.9 Å². The van der Waals surface area contributed by atoms with Crippen molar-refractivity contribution < 1.29 is 14.7 Å². The number of halogens is 2. The Morgan fingerprint density at radius 2 is 2.11 bits per heavy atom. The summed E-state index contributed by atoms with van der Waals surface area (Å²) in [6.45, 7) is 0. The van der Waals surface area contributed by atoms with E-state index in [-0.39, 0.29) is 28.7 Å². The number of thioether (sulfide) groups is 1. The van der Waals surface area contributed by atoms with Crippen molar-refractivity contribution in [3.8, 4) is 6.07 Å². The first-order valence-corrected chi connectivity index (χ1v) is 7.66. The van der Waals surface area contributed by atoms with Gasteiger partial charge in [-0.2, -0.15) is 5.26 Å². The van der Waals surface area contributed by atoms with Gasteiger partial charge in [-0.25, -0.2) is 4.79 Å². The SMILES string of the molecule is N#CCSCC(=O)Nc1c(Br)cc(Br)cc1C(=O)O. The maximum atomic E-state index is 11.6. The highest BCUT2D eigenvalue weighted by Crippen LogP contribution is 2.31. The van der Waals surface area contributed by atoms with E-state index in [2.05, 4.69) is 37.2 Å². The van der Waals surface area contributed by atoms with Crippen LogP contribution in [0.25, 0.3) is 0 Å². The molecule has 8 heteroatoms. The molecule has 1 amide bonds. The second kappa shape index (κ2) is 7.53. The number of carboxylic acids is 1. The molecule has 0 saturated heterocycles. The lowest BCUT2D eigenvalue weighted by atomic mass is 10.2. The summed E-state index contributed by atoms with van der Waals surface area (Å²) in [4.78, 5) is 22.8. The first-order valence-electron chi connectivity index (χ1n) is 4.92. The molecule has 100 valence electrons. The normalized spacial score (nSPS) is 9.74. The molecule has 2 N–H and O–H groups in total. The number of carbonyl (C=O) groups excluding carboxylic acids is 1. The van der Waals surface area contributed by atoms with Crippen LogP contribution in [0.2, 0.25) is 0 Å². The van der Waals surface area contributed by atoms with Crippen LogP contribution in [0, 0.1) is 11.3 Å². The van der Waals surface area contributed by atoms with Gasteiger partial charge in [0.1, 0.15) is 0 Å². The number of aromatic carboxylic acids is 1. The molecule has 5 nitrogen and oxygen atoms in total. The van der Waals surface area contributed by atoms with Gasteiger partial charge in [-0.05, 0) is 28.1 Å². The molecule has 0 radical (unpaired) electrons. The number of benzene rings is 1. The Kier molecular flexibility index (Phi) is 6.34. The van der Waals surface area contributed by atoms with Crippen LogP contribution < -0.4 is 5.32 Å². The van der Waals surface area contributed by atoms with Crippen molar-refractivity contribution in [3.63, 3.8) is 0 Å². The molecule has 0 unspecified atom stereocenters. The summed E-state index contributed by atoms with van der Waals surface area (Å²) in [5, 5.41) is 20.0. The maximum absolute atomic E-state index is 11.6. The van der Waals surface area contributed by atoms with E-state index >= 15 is 0 Å². The van der Waals surface area contributed by atoms with Crippen LogP contribution in [0.15, 0.2) is 21.1 Å². The topological polar surface area (TPSA) is 90.2 Å². The minimum Gasteiger partial charge on any atom is -0.478 e. The van der Waals surface area contributed by atoms with Gasteiger partial charge in [-0.15, -0.1) is 11.8 Å². The molecule has 19 heavy (non-hydrogen) atoms. The highest BCUT2D eigenvalue weighted by molar-refractivity contribution is 9.11. The largest absolute Gasteiger partial charge is 0.478 e. The zero-order valence-corrected chi connectivity index (χ0v) is 13.4. The number of nitrogens with zero attached hydrogens (tertiary/aromatic N) is 1. The van der Waals surface area contributed by atoms with Crippen molar-refractivity contribution in [2.45, 2.75) is 0 Å². The molecule has 0 aliphatic rings. The number of amides is 1. The molecule has 0 aromatic heterocycles. The maximum Gasteiger partial charge on any atom is 0.337 e. The van der Waals surface area contributed by atoms with Crippen LogP contribution in [0.4, 0.5) is 5.69 Å². The molecule has 0 heterocycles. The van der Waals surface area contributed by atoms with E-state index < -0.39 is 5.97 Å². The molecule has 0 spiro atoms. The molecular weight excluding hydrogens is 400 g/mol. The van der Waals surface area contributed by atoms with Crippen LogP contribution in [-0.4, -0.2) is 28.5 Å². The van der Waals surface area contributed by atoms with E-state index in [0.717, 1.165) is 11.8 Å². The quantitative estimate of drug-likeness (QED) is 0.732. The van der Waals surface area contributed by atoms with Crippen molar-refractivity contribution in [3.05, 3.63) is 26.6 Å². The van der Waals surface area contributed by atoms with E-state index in [1.807, 2.05) is 6.07 Å². The third-order valence-electron chi connectivity index (χ3n) is 1.95. The number of carbonyl (C=O) groups is 2. The summed E-state index contributed by atoms with van der Waals surface area (Å²) in [6.07, 6.45) is 0. The summed E-state index contributed by atoms with van der Waals surface area (Å²) >= 11 is 7.55. The van der Waals surface area contributed by atoms with Crippen LogP contribution >= 0.6 is 43.6 Å². The molecule has 0 saturated carbocycles.